The van der Waals surface area contributed by atoms with Crippen molar-refractivity contribution in [1.29, 1.82) is 0 Å². The zero-order valence-electron chi connectivity index (χ0n) is 40.3. The first-order valence-electron chi connectivity index (χ1n) is 23.0. The predicted molar refractivity (Wildman–Crippen MR) is 266 cm³/mol. The van der Waals surface area contributed by atoms with E-state index in [1.807, 2.05) is 18.3 Å². The molecule has 2 aromatic heterocycles. The van der Waals surface area contributed by atoms with Gasteiger partial charge in [0.25, 0.3) is 0 Å². The van der Waals surface area contributed by atoms with Crippen molar-refractivity contribution < 1.29 is 27.5 Å². The molecule has 0 aliphatic heterocycles. The Labute approximate surface area is 397 Å². The van der Waals surface area contributed by atoms with Crippen LogP contribution in [0.2, 0.25) is 0 Å². The van der Waals surface area contributed by atoms with Gasteiger partial charge in [0.05, 0.1) is 22.3 Å². The number of hydrogen-bond acceptors (Lipinski definition) is 3. The Morgan fingerprint density at radius 3 is 1.86 bits per heavy atom. The molecule has 0 saturated carbocycles. The number of phenolic OH excluding ortho intramolecular Hbond substituents is 1. The Hall–Kier alpha value is -5.57. The third kappa shape index (κ3) is 9.31. The first kappa shape index (κ1) is 45.0. The van der Waals surface area contributed by atoms with Gasteiger partial charge in [0.1, 0.15) is 11.6 Å². The number of imidazole rings is 1. The molecule has 0 aliphatic rings. The van der Waals surface area contributed by atoms with Gasteiger partial charge in [-0.25, -0.2) is 4.98 Å². The first-order valence-corrected chi connectivity index (χ1v) is 22.5. The molecule has 4 nitrogen and oxygen atoms in total. The maximum atomic E-state index is 11.8. The first-order chi connectivity index (χ1) is 30.3. The van der Waals surface area contributed by atoms with Gasteiger partial charge in [-0.3, -0.25) is 9.55 Å². The van der Waals surface area contributed by atoms with E-state index in [9.17, 15) is 5.11 Å². The number of nitrogens with zero attached hydrogens (tertiary/aromatic N) is 3. The average Bonchev–Trinajstić information content (AvgIpc) is 3.67. The summed E-state index contributed by atoms with van der Waals surface area (Å²) < 4.78 is 11.2. The van der Waals surface area contributed by atoms with Crippen LogP contribution in [0.5, 0.6) is 5.75 Å². The monoisotopic (exact) mass is 1020 g/mol. The number of aromatic nitrogens is 3. The zero-order valence-corrected chi connectivity index (χ0v) is 41.6. The summed E-state index contributed by atoms with van der Waals surface area (Å²) >= 11 is 0. The minimum atomic E-state index is -0.585. The molecule has 0 amide bonds. The van der Waals surface area contributed by atoms with E-state index in [-0.39, 0.29) is 43.1 Å². The second kappa shape index (κ2) is 18.1. The summed E-state index contributed by atoms with van der Waals surface area (Å²) in [5, 5.41) is 11.8. The van der Waals surface area contributed by atoms with Crippen molar-refractivity contribution in [2.75, 3.05) is 0 Å². The van der Waals surface area contributed by atoms with Gasteiger partial charge >= 0.3 is 0 Å². The molecule has 8 aromatic rings. The van der Waals surface area contributed by atoms with Crippen LogP contribution in [-0.2, 0) is 37.3 Å². The van der Waals surface area contributed by atoms with E-state index in [0.29, 0.717) is 11.4 Å². The van der Waals surface area contributed by atoms with Crippen molar-refractivity contribution in [3.8, 4) is 67.5 Å². The van der Waals surface area contributed by atoms with E-state index in [2.05, 4.69) is 208 Å². The van der Waals surface area contributed by atoms with Crippen LogP contribution in [0, 0.1) is 6.07 Å². The summed E-state index contributed by atoms with van der Waals surface area (Å²) in [4.78, 5) is 10.5. The van der Waals surface area contributed by atoms with Gasteiger partial charge in [-0.05, 0) is 105 Å². The van der Waals surface area contributed by atoms with E-state index in [1.54, 1.807) is 0 Å². The van der Waals surface area contributed by atoms with Crippen molar-refractivity contribution in [1.82, 2.24) is 14.5 Å². The normalized spacial score (nSPS) is 12.6. The van der Waals surface area contributed by atoms with Gasteiger partial charge in [0.15, 0.2) is 0 Å². The van der Waals surface area contributed by atoms with Crippen LogP contribution < -0.4 is 0 Å². The average molecular weight is 1030 g/mol. The Kier molecular flexibility index (Phi) is 12.8. The van der Waals surface area contributed by atoms with E-state index in [4.69, 9.17) is 11.3 Å². The quantitative estimate of drug-likeness (QED) is 0.147. The second-order valence-corrected chi connectivity index (χ2v) is 20.0. The van der Waals surface area contributed by atoms with Crippen LogP contribution in [0.25, 0.3) is 72.7 Å². The fraction of sp³-hybridized carbons (Fsp3) is 0.288. The van der Waals surface area contributed by atoms with Crippen molar-refractivity contribution >= 4 is 11.0 Å². The van der Waals surface area contributed by atoms with E-state index in [0.717, 1.165) is 90.9 Å². The molecule has 0 spiro atoms. The zero-order chi connectivity index (χ0) is 45.8. The molecule has 2 heterocycles. The molecular formula is C59H62N3OPt-. The molecule has 0 atom stereocenters. The molecule has 1 N–H and O–H groups in total. The van der Waals surface area contributed by atoms with E-state index >= 15 is 0 Å². The number of hydrogen-bond donors (Lipinski definition) is 1. The molecule has 0 fully saturated rings. The van der Waals surface area contributed by atoms with Crippen LogP contribution in [0.3, 0.4) is 0 Å². The van der Waals surface area contributed by atoms with Crippen LogP contribution in [0.4, 0.5) is 0 Å². The molecule has 64 heavy (non-hydrogen) atoms. The standard InChI is InChI=1S/C59H62N3O.Pt/c1-12-38(13-2)39-22-24-40(25-23-39)42-30-31-60-51(35-42)44-32-43(33-47(34-44)59(9,10)11)48-20-17-21-53-55(48)61-56(50-37-46(58(6,7)8)27-29-54(50)63)62(53)52-28-26-45(57(3,4)5)36-49(52)41-18-15-14-16-19-41;/h14-31,33-38,63H,12-13H2,1-11H3;/q-1;/i38D;. The van der Waals surface area contributed by atoms with Gasteiger partial charge in [-0.1, -0.05) is 172 Å². The number of benzene rings is 6. The topological polar surface area (TPSA) is 50.9 Å². The molecule has 0 aliphatic carbocycles. The smallest absolute Gasteiger partial charge is 0.148 e. The molecule has 5 heteroatoms. The molecule has 0 bridgehead atoms. The number of pyridine rings is 1. The number of phenols is 1. The fourth-order valence-electron chi connectivity index (χ4n) is 8.57. The number of rotatable bonds is 9. The summed E-state index contributed by atoms with van der Waals surface area (Å²) in [6, 6.07) is 50.6. The Balaban J connectivity index is 0.00000630. The van der Waals surface area contributed by atoms with E-state index in [1.165, 1.54) is 5.56 Å². The summed E-state index contributed by atoms with van der Waals surface area (Å²) in [7, 11) is 0. The Morgan fingerprint density at radius 1 is 0.594 bits per heavy atom. The molecule has 0 unspecified atom stereocenters. The molecule has 8 rings (SSSR count). The largest absolute Gasteiger partial charge is 0.507 e. The van der Waals surface area contributed by atoms with Crippen LogP contribution >= 0.6 is 0 Å². The maximum absolute atomic E-state index is 11.8. The van der Waals surface area contributed by atoms with Gasteiger partial charge in [-0.2, -0.15) is 0 Å². The minimum Gasteiger partial charge on any atom is -0.507 e. The molecule has 0 saturated heterocycles. The molecular weight excluding hydrogens is 962 g/mol. The molecule has 0 radical (unpaired) electrons. The third-order valence-corrected chi connectivity index (χ3v) is 12.5. The maximum Gasteiger partial charge on any atom is 0.148 e. The Morgan fingerprint density at radius 2 is 1.22 bits per heavy atom. The third-order valence-electron chi connectivity index (χ3n) is 12.5. The summed E-state index contributed by atoms with van der Waals surface area (Å²) in [6.07, 6.45) is 3.42. The SMILES string of the molecule is [2H]C(CC)(CC)c1ccc(-c2ccnc(-c3[c-]c(-c4cccc5c4nc(-c4cc(C(C)(C)C)ccc4O)n5-c4ccc(C(C)(C)C)cc4-c4ccccc4)cc(C(C)(C)C)c3)c2)cc1.[Pt]. The Bertz CT molecular complexity index is 2980. The van der Waals surface area contributed by atoms with Gasteiger partial charge in [-0.15, -0.1) is 29.3 Å². The summed E-state index contributed by atoms with van der Waals surface area (Å²) in [6.45, 7) is 24.2. The summed E-state index contributed by atoms with van der Waals surface area (Å²) in [5.74, 6) is 0.260. The van der Waals surface area contributed by atoms with Gasteiger partial charge in [0, 0.05) is 39.9 Å². The minimum absolute atomic E-state index is 0. The second-order valence-electron chi connectivity index (χ2n) is 20.0. The van der Waals surface area contributed by atoms with Crippen molar-refractivity contribution in [2.24, 2.45) is 0 Å². The van der Waals surface area contributed by atoms with Crippen molar-refractivity contribution in [3.05, 3.63) is 168 Å². The van der Waals surface area contributed by atoms with Crippen LogP contribution in [0.15, 0.2) is 140 Å². The summed E-state index contributed by atoms with van der Waals surface area (Å²) in [5.41, 5.74) is 15.5. The molecule has 6 aromatic carbocycles. The number of para-hydroxylation sites is 1. The number of fused-ring (bicyclic) bond motifs is 1. The van der Waals surface area contributed by atoms with Crippen molar-refractivity contribution in [2.45, 2.75) is 111 Å². The fourth-order valence-corrected chi connectivity index (χ4v) is 8.57. The van der Waals surface area contributed by atoms with E-state index < -0.39 is 5.89 Å². The van der Waals surface area contributed by atoms with Gasteiger partial charge < -0.3 is 5.11 Å². The number of aromatic hydroxyl groups is 1. The van der Waals surface area contributed by atoms with Crippen molar-refractivity contribution in [3.63, 3.8) is 0 Å². The van der Waals surface area contributed by atoms with Crippen LogP contribution in [0.1, 0.15) is 119 Å². The van der Waals surface area contributed by atoms with Crippen LogP contribution in [-0.4, -0.2) is 19.6 Å². The van der Waals surface area contributed by atoms with Gasteiger partial charge in [0.2, 0.25) is 0 Å². The predicted octanol–water partition coefficient (Wildman–Crippen LogP) is 16.1. The molecule has 330 valence electrons.